The number of nitrogens with zero attached hydrogens (tertiary/aromatic N) is 6. The Bertz CT molecular complexity index is 1080. The smallest absolute Gasteiger partial charge is 0.451 e. The molecule has 0 fully saturated rings. The van der Waals surface area contributed by atoms with Crippen molar-refractivity contribution >= 4 is 33.3 Å². The van der Waals surface area contributed by atoms with Crippen LogP contribution in [0.15, 0.2) is 6.07 Å². The molecule has 0 aromatic carbocycles. The first-order valence-electron chi connectivity index (χ1n) is 9.01. The number of rotatable bonds is 5. The number of hydrogen-bond acceptors (Lipinski definition) is 7. The van der Waals surface area contributed by atoms with E-state index in [9.17, 15) is 18.0 Å². The zero-order chi connectivity index (χ0) is 20.8. The number of carboxylic acid groups (broad SMARTS) is 1. The second-order valence-corrected chi connectivity index (χ2v) is 7.84. The summed E-state index contributed by atoms with van der Waals surface area (Å²) in [4.78, 5) is 23.5. The van der Waals surface area contributed by atoms with Crippen LogP contribution < -0.4 is 4.90 Å². The van der Waals surface area contributed by atoms with Crippen molar-refractivity contribution in [3.8, 4) is 0 Å². The van der Waals surface area contributed by atoms with E-state index in [0.29, 0.717) is 10.6 Å². The van der Waals surface area contributed by atoms with Crippen molar-refractivity contribution in [1.29, 1.82) is 0 Å². The van der Waals surface area contributed by atoms with Gasteiger partial charge in [0.2, 0.25) is 5.82 Å². The van der Waals surface area contributed by atoms with Crippen LogP contribution in [-0.4, -0.2) is 42.4 Å². The van der Waals surface area contributed by atoms with E-state index >= 15 is 0 Å². The van der Waals surface area contributed by atoms with E-state index in [0.717, 1.165) is 27.7 Å². The second-order valence-electron chi connectivity index (χ2n) is 6.73. The van der Waals surface area contributed by atoms with Crippen molar-refractivity contribution in [2.24, 2.45) is 0 Å². The number of aromatic nitrogens is 5. The summed E-state index contributed by atoms with van der Waals surface area (Å²) >= 11 is 1.48. The molecule has 154 valence electrons. The Morgan fingerprint density at radius 2 is 2.07 bits per heavy atom. The number of aryl methyl sites for hydroxylation is 1. The summed E-state index contributed by atoms with van der Waals surface area (Å²) in [6.07, 6.45) is -3.08. The SMILES string of the molecule is CCCc1cc2c(N3CCn4c(nnc4C(F)(F)F)C3)nc(CC(=O)O)nc2s1. The third kappa shape index (κ3) is 3.76. The van der Waals surface area contributed by atoms with Gasteiger partial charge in [0.15, 0.2) is 5.82 Å². The molecule has 0 unspecified atom stereocenters. The molecule has 0 spiro atoms. The summed E-state index contributed by atoms with van der Waals surface area (Å²) in [6, 6.07) is 1.98. The Hall–Kier alpha value is -2.76. The van der Waals surface area contributed by atoms with Crippen molar-refractivity contribution in [2.75, 3.05) is 11.4 Å². The van der Waals surface area contributed by atoms with Gasteiger partial charge in [0.25, 0.3) is 0 Å². The molecule has 0 saturated carbocycles. The van der Waals surface area contributed by atoms with Gasteiger partial charge in [-0.3, -0.25) is 4.79 Å². The van der Waals surface area contributed by atoms with Gasteiger partial charge in [-0.25, -0.2) is 9.97 Å². The maximum atomic E-state index is 13.1. The summed E-state index contributed by atoms with van der Waals surface area (Å²) in [5.41, 5.74) is 0. The third-order valence-electron chi connectivity index (χ3n) is 4.58. The molecule has 3 aromatic heterocycles. The number of alkyl halides is 3. The van der Waals surface area contributed by atoms with Crippen molar-refractivity contribution in [1.82, 2.24) is 24.7 Å². The summed E-state index contributed by atoms with van der Waals surface area (Å²) < 4.78 is 40.3. The number of halogens is 3. The Labute approximate surface area is 167 Å². The fourth-order valence-corrected chi connectivity index (χ4v) is 4.51. The predicted octanol–water partition coefficient (Wildman–Crippen LogP) is 2.90. The molecule has 4 heterocycles. The van der Waals surface area contributed by atoms with Crippen molar-refractivity contribution in [2.45, 2.75) is 45.5 Å². The number of carboxylic acids is 1. The highest BCUT2D eigenvalue weighted by atomic mass is 32.1. The van der Waals surface area contributed by atoms with Gasteiger partial charge in [0.1, 0.15) is 22.9 Å². The molecule has 8 nitrogen and oxygen atoms in total. The number of carbonyl (C=O) groups is 1. The first-order chi connectivity index (χ1) is 13.8. The summed E-state index contributed by atoms with van der Waals surface area (Å²) in [5, 5.41) is 16.9. The first kappa shape index (κ1) is 19.6. The zero-order valence-corrected chi connectivity index (χ0v) is 16.2. The standard InChI is InChI=1S/C17H17F3N6O2S/c1-2-3-9-6-10-14(21-11(7-13(27)28)22-15(10)29-9)25-4-5-26-12(8-25)23-24-16(26)17(18,19)20/h6H,2-5,7-8H2,1H3,(H,27,28). The minimum atomic E-state index is -4.56. The molecular formula is C17H17F3N6O2S. The summed E-state index contributed by atoms with van der Waals surface area (Å²) in [5.74, 6) is -1.17. The molecule has 0 amide bonds. The van der Waals surface area contributed by atoms with Crippen LogP contribution in [0.4, 0.5) is 19.0 Å². The highest BCUT2D eigenvalue weighted by Gasteiger charge is 2.39. The van der Waals surface area contributed by atoms with E-state index in [-0.39, 0.29) is 37.7 Å². The molecule has 4 rings (SSSR count). The van der Waals surface area contributed by atoms with Crippen LogP contribution in [0.3, 0.4) is 0 Å². The average molecular weight is 426 g/mol. The van der Waals surface area contributed by atoms with Crippen LogP contribution in [0.5, 0.6) is 0 Å². The van der Waals surface area contributed by atoms with E-state index in [2.05, 4.69) is 27.1 Å². The number of anilines is 1. The minimum Gasteiger partial charge on any atom is -0.481 e. The van der Waals surface area contributed by atoms with Gasteiger partial charge >= 0.3 is 12.1 Å². The number of thiophene rings is 1. The zero-order valence-electron chi connectivity index (χ0n) is 15.4. The second kappa shape index (κ2) is 7.25. The largest absolute Gasteiger partial charge is 0.481 e. The Morgan fingerprint density at radius 3 is 2.76 bits per heavy atom. The molecule has 0 atom stereocenters. The van der Waals surface area contributed by atoms with E-state index in [4.69, 9.17) is 5.11 Å². The molecule has 1 aliphatic heterocycles. The van der Waals surface area contributed by atoms with Crippen molar-refractivity contribution in [3.05, 3.63) is 28.4 Å². The van der Waals surface area contributed by atoms with E-state index < -0.39 is 18.0 Å². The van der Waals surface area contributed by atoms with Gasteiger partial charge < -0.3 is 14.6 Å². The number of fused-ring (bicyclic) bond motifs is 2. The van der Waals surface area contributed by atoms with Crippen LogP contribution in [0.2, 0.25) is 0 Å². The lowest BCUT2D eigenvalue weighted by molar-refractivity contribution is -0.147. The van der Waals surface area contributed by atoms with Crippen LogP contribution >= 0.6 is 11.3 Å². The van der Waals surface area contributed by atoms with Crippen LogP contribution in [0.1, 0.15) is 35.7 Å². The third-order valence-corrected chi connectivity index (χ3v) is 5.67. The maximum Gasteiger partial charge on any atom is 0.451 e. The Balaban J connectivity index is 1.74. The average Bonchev–Trinajstić information content (AvgIpc) is 3.23. The van der Waals surface area contributed by atoms with Gasteiger partial charge in [-0.15, -0.1) is 21.5 Å². The lowest BCUT2D eigenvalue weighted by Crippen LogP contribution is -2.36. The molecule has 3 aromatic rings. The van der Waals surface area contributed by atoms with E-state index in [1.807, 2.05) is 11.0 Å². The molecule has 0 radical (unpaired) electrons. The Morgan fingerprint density at radius 1 is 1.28 bits per heavy atom. The fraction of sp³-hybridized carbons (Fsp3) is 0.471. The Kier molecular flexibility index (Phi) is 4.89. The lowest BCUT2D eigenvalue weighted by atomic mass is 10.2. The van der Waals surface area contributed by atoms with E-state index in [1.165, 1.54) is 11.3 Å². The van der Waals surface area contributed by atoms with E-state index in [1.54, 1.807) is 0 Å². The minimum absolute atomic E-state index is 0.0584. The fourth-order valence-electron chi connectivity index (χ4n) is 3.37. The molecule has 0 aliphatic carbocycles. The normalized spacial score (nSPS) is 14.4. The van der Waals surface area contributed by atoms with Crippen molar-refractivity contribution in [3.63, 3.8) is 0 Å². The molecule has 29 heavy (non-hydrogen) atoms. The summed E-state index contributed by atoms with van der Waals surface area (Å²) in [6.45, 7) is 2.48. The highest BCUT2D eigenvalue weighted by Crippen LogP contribution is 2.34. The van der Waals surface area contributed by atoms with Gasteiger partial charge in [0.05, 0.1) is 11.9 Å². The van der Waals surface area contributed by atoms with Crippen molar-refractivity contribution < 1.29 is 23.1 Å². The highest BCUT2D eigenvalue weighted by molar-refractivity contribution is 7.18. The van der Waals surface area contributed by atoms with Crippen LogP contribution in [0, 0.1) is 0 Å². The molecule has 1 N–H and O–H groups in total. The molecule has 0 bridgehead atoms. The number of hydrogen-bond donors (Lipinski definition) is 1. The quantitative estimate of drug-likeness (QED) is 0.670. The molecule has 0 saturated heterocycles. The first-order valence-corrected chi connectivity index (χ1v) is 9.83. The molecular weight excluding hydrogens is 409 g/mol. The molecule has 12 heteroatoms. The van der Waals surface area contributed by atoms with Crippen LogP contribution in [0.25, 0.3) is 10.2 Å². The van der Waals surface area contributed by atoms with Crippen LogP contribution in [-0.2, 0) is 36.9 Å². The maximum absolute atomic E-state index is 13.1. The number of aliphatic carboxylic acids is 1. The predicted molar refractivity (Wildman–Crippen MR) is 98.8 cm³/mol. The summed E-state index contributed by atoms with van der Waals surface area (Å²) in [7, 11) is 0. The lowest BCUT2D eigenvalue weighted by Gasteiger charge is -2.29. The topological polar surface area (TPSA) is 97.0 Å². The van der Waals surface area contributed by atoms with Gasteiger partial charge in [0, 0.05) is 18.0 Å². The monoisotopic (exact) mass is 426 g/mol. The van der Waals surface area contributed by atoms with Gasteiger partial charge in [-0.1, -0.05) is 13.3 Å². The van der Waals surface area contributed by atoms with Gasteiger partial charge in [-0.2, -0.15) is 13.2 Å². The molecule has 1 aliphatic rings. The van der Waals surface area contributed by atoms with Gasteiger partial charge in [-0.05, 0) is 12.5 Å².